The molecule has 186 valence electrons. The van der Waals surface area contributed by atoms with Gasteiger partial charge in [-0.2, -0.15) is 0 Å². The second kappa shape index (κ2) is 10.6. The van der Waals surface area contributed by atoms with Crippen LogP contribution in [-0.4, -0.2) is 71.5 Å². The van der Waals surface area contributed by atoms with Crippen LogP contribution in [0.1, 0.15) is 39.5 Å². The summed E-state index contributed by atoms with van der Waals surface area (Å²) in [6, 6.07) is 4.98. The molecule has 1 aliphatic carbocycles. The number of ether oxygens (including phenoxy) is 2. The largest absolute Gasteiger partial charge is 0.488 e. The number of rotatable bonds is 7. The summed E-state index contributed by atoms with van der Waals surface area (Å²) in [5.74, 6) is 1.51. The zero-order chi connectivity index (χ0) is 24.2. The summed E-state index contributed by atoms with van der Waals surface area (Å²) in [6.07, 6.45) is 11.3. The zero-order valence-electron chi connectivity index (χ0n) is 20.9. The lowest BCUT2D eigenvalue weighted by atomic mass is 9.93. The third kappa shape index (κ3) is 5.56. The van der Waals surface area contributed by atoms with Crippen LogP contribution in [0.25, 0.3) is 11.0 Å². The third-order valence-electron chi connectivity index (χ3n) is 7.02. The summed E-state index contributed by atoms with van der Waals surface area (Å²) in [5.41, 5.74) is 3.84. The molecule has 1 aliphatic heterocycles. The summed E-state index contributed by atoms with van der Waals surface area (Å²) in [6.45, 7) is 7.54. The van der Waals surface area contributed by atoms with E-state index in [0.717, 1.165) is 80.1 Å². The predicted octanol–water partition coefficient (Wildman–Crippen LogP) is 3.90. The number of anilines is 3. The molecule has 2 aliphatic rings. The Balaban J connectivity index is 1.21. The molecule has 1 saturated carbocycles. The molecule has 2 aromatic heterocycles. The maximum absolute atomic E-state index is 6.54. The van der Waals surface area contributed by atoms with Gasteiger partial charge in [0.15, 0.2) is 0 Å². The van der Waals surface area contributed by atoms with E-state index < -0.39 is 0 Å². The van der Waals surface area contributed by atoms with Crippen LogP contribution in [0.5, 0.6) is 5.75 Å². The van der Waals surface area contributed by atoms with Crippen molar-refractivity contribution in [3.63, 3.8) is 0 Å². The molecule has 1 N–H and O–H groups in total. The van der Waals surface area contributed by atoms with Crippen LogP contribution in [0.3, 0.4) is 0 Å². The monoisotopic (exact) mass is 477 g/mol. The molecule has 1 saturated heterocycles. The van der Waals surface area contributed by atoms with E-state index in [4.69, 9.17) is 9.47 Å². The van der Waals surface area contributed by atoms with Crippen molar-refractivity contribution in [1.29, 1.82) is 0 Å². The molecule has 3 heterocycles. The molecule has 0 spiro atoms. The molecule has 2 fully saturated rings. The molecule has 0 amide bonds. The Hall–Kier alpha value is -3.20. The van der Waals surface area contributed by atoms with Gasteiger partial charge in [0.05, 0.1) is 42.9 Å². The minimum absolute atomic E-state index is 0.154. The smallest absolute Gasteiger partial charge is 0.222 e. The van der Waals surface area contributed by atoms with E-state index in [1.54, 1.807) is 12.4 Å². The Kier molecular flexibility index (Phi) is 7.13. The molecular weight excluding hydrogens is 442 g/mol. The van der Waals surface area contributed by atoms with Gasteiger partial charge in [0.2, 0.25) is 5.95 Å². The highest BCUT2D eigenvalue weighted by Crippen LogP contribution is 2.33. The summed E-state index contributed by atoms with van der Waals surface area (Å²) < 4.78 is 12.1. The Morgan fingerprint density at radius 3 is 2.43 bits per heavy atom. The van der Waals surface area contributed by atoms with Crippen LogP contribution in [0.4, 0.5) is 17.3 Å². The van der Waals surface area contributed by atoms with E-state index in [2.05, 4.69) is 68.1 Å². The molecule has 3 aromatic rings. The van der Waals surface area contributed by atoms with E-state index >= 15 is 0 Å². The van der Waals surface area contributed by atoms with Crippen LogP contribution < -0.4 is 19.9 Å². The zero-order valence-corrected chi connectivity index (χ0v) is 20.9. The van der Waals surface area contributed by atoms with Crippen molar-refractivity contribution in [2.24, 2.45) is 0 Å². The fourth-order valence-corrected chi connectivity index (χ4v) is 4.69. The van der Waals surface area contributed by atoms with Crippen LogP contribution in [0, 0.1) is 0 Å². The Labute approximate surface area is 206 Å². The molecule has 9 nitrogen and oxygen atoms in total. The standard InChI is InChI=1S/C26H35N7O2/c1-18(2)32(3)21-16-29-26(30-17-21)31-19-4-6-22(7-5-19)35-24-15-20(33-10-12-34-13-11-33)14-23-25(24)28-9-8-27-23/h8-9,14-19,22H,4-7,10-13H2,1-3H3,(H,29,30,31). The van der Waals surface area contributed by atoms with Crippen LogP contribution in [0.2, 0.25) is 0 Å². The van der Waals surface area contributed by atoms with Gasteiger partial charge in [0, 0.05) is 56.4 Å². The first kappa shape index (κ1) is 23.5. The second-order valence-electron chi connectivity index (χ2n) is 9.67. The highest BCUT2D eigenvalue weighted by atomic mass is 16.5. The van der Waals surface area contributed by atoms with Crippen molar-refractivity contribution in [1.82, 2.24) is 19.9 Å². The summed E-state index contributed by atoms with van der Waals surface area (Å²) in [4.78, 5) is 22.7. The Bertz CT molecular complexity index is 1110. The Morgan fingerprint density at radius 2 is 1.71 bits per heavy atom. The fourth-order valence-electron chi connectivity index (χ4n) is 4.69. The first-order valence-electron chi connectivity index (χ1n) is 12.6. The summed E-state index contributed by atoms with van der Waals surface area (Å²) >= 11 is 0. The molecule has 9 heteroatoms. The van der Waals surface area contributed by atoms with E-state index in [1.807, 2.05) is 12.4 Å². The van der Waals surface area contributed by atoms with Gasteiger partial charge in [-0.3, -0.25) is 4.98 Å². The van der Waals surface area contributed by atoms with E-state index in [1.165, 1.54) is 0 Å². The lowest BCUT2D eigenvalue weighted by Crippen LogP contribution is -2.36. The topological polar surface area (TPSA) is 88.5 Å². The molecule has 35 heavy (non-hydrogen) atoms. The fraction of sp³-hybridized carbons (Fsp3) is 0.538. The quantitative estimate of drug-likeness (QED) is 0.544. The van der Waals surface area contributed by atoms with Crippen LogP contribution in [0.15, 0.2) is 36.9 Å². The van der Waals surface area contributed by atoms with Crippen molar-refractivity contribution in [2.75, 3.05) is 48.5 Å². The second-order valence-corrected chi connectivity index (χ2v) is 9.67. The number of fused-ring (bicyclic) bond motifs is 1. The summed E-state index contributed by atoms with van der Waals surface area (Å²) in [7, 11) is 2.06. The van der Waals surface area contributed by atoms with Crippen molar-refractivity contribution in [3.8, 4) is 5.75 Å². The van der Waals surface area contributed by atoms with E-state index in [-0.39, 0.29) is 6.10 Å². The lowest BCUT2D eigenvalue weighted by molar-refractivity contribution is 0.122. The van der Waals surface area contributed by atoms with Gasteiger partial charge in [0.1, 0.15) is 11.3 Å². The van der Waals surface area contributed by atoms with Crippen LogP contribution >= 0.6 is 0 Å². The number of hydrogen-bond donors (Lipinski definition) is 1. The third-order valence-corrected chi connectivity index (χ3v) is 7.02. The molecule has 5 rings (SSSR count). The average molecular weight is 478 g/mol. The first-order valence-corrected chi connectivity index (χ1v) is 12.6. The van der Waals surface area contributed by atoms with E-state index in [0.29, 0.717) is 18.0 Å². The number of hydrogen-bond acceptors (Lipinski definition) is 9. The van der Waals surface area contributed by atoms with Gasteiger partial charge < -0.3 is 24.6 Å². The number of nitrogens with one attached hydrogen (secondary N) is 1. The molecule has 0 radical (unpaired) electrons. The van der Waals surface area contributed by atoms with Gasteiger partial charge in [-0.25, -0.2) is 15.0 Å². The maximum atomic E-state index is 6.54. The minimum Gasteiger partial charge on any atom is -0.488 e. The lowest BCUT2D eigenvalue weighted by Gasteiger charge is -2.31. The molecule has 0 unspecified atom stereocenters. The molecule has 0 atom stereocenters. The normalized spacial score (nSPS) is 20.7. The molecular formula is C26H35N7O2. The highest BCUT2D eigenvalue weighted by molar-refractivity contribution is 5.85. The van der Waals surface area contributed by atoms with Crippen molar-refractivity contribution >= 4 is 28.4 Å². The van der Waals surface area contributed by atoms with Crippen LogP contribution in [-0.2, 0) is 4.74 Å². The maximum Gasteiger partial charge on any atom is 0.222 e. The van der Waals surface area contributed by atoms with Crippen molar-refractivity contribution < 1.29 is 9.47 Å². The number of benzene rings is 1. The molecule has 0 bridgehead atoms. The number of aromatic nitrogens is 4. The first-order chi connectivity index (χ1) is 17.1. The Morgan fingerprint density at radius 1 is 1.00 bits per heavy atom. The number of nitrogens with zero attached hydrogens (tertiary/aromatic N) is 6. The van der Waals surface area contributed by atoms with Gasteiger partial charge >= 0.3 is 0 Å². The SMILES string of the molecule is CC(C)N(C)c1cnc(NC2CCC(Oc3cc(N4CCOCC4)cc4nccnc34)CC2)nc1. The molecule has 1 aromatic carbocycles. The predicted molar refractivity (Wildman–Crippen MR) is 138 cm³/mol. The highest BCUT2D eigenvalue weighted by Gasteiger charge is 2.25. The van der Waals surface area contributed by atoms with Gasteiger partial charge in [-0.15, -0.1) is 0 Å². The van der Waals surface area contributed by atoms with Gasteiger partial charge in [-0.1, -0.05) is 0 Å². The van der Waals surface area contributed by atoms with Crippen molar-refractivity contribution in [3.05, 3.63) is 36.9 Å². The average Bonchev–Trinajstić information content (AvgIpc) is 2.90. The van der Waals surface area contributed by atoms with Gasteiger partial charge in [-0.05, 0) is 45.6 Å². The van der Waals surface area contributed by atoms with Gasteiger partial charge in [0.25, 0.3) is 0 Å². The van der Waals surface area contributed by atoms with E-state index in [9.17, 15) is 0 Å². The summed E-state index contributed by atoms with van der Waals surface area (Å²) in [5, 5.41) is 3.51. The number of morpholine rings is 1. The minimum atomic E-state index is 0.154. The van der Waals surface area contributed by atoms with Crippen molar-refractivity contribution in [2.45, 2.75) is 57.7 Å².